The van der Waals surface area contributed by atoms with Crippen LogP contribution in [0.4, 0.5) is 5.69 Å². The van der Waals surface area contributed by atoms with E-state index in [-0.39, 0.29) is 41.7 Å². The van der Waals surface area contributed by atoms with E-state index >= 15 is 0 Å². The van der Waals surface area contributed by atoms with E-state index in [1.54, 1.807) is 0 Å². The van der Waals surface area contributed by atoms with E-state index in [1.165, 1.54) is 5.57 Å². The summed E-state index contributed by atoms with van der Waals surface area (Å²) >= 11 is 0. The van der Waals surface area contributed by atoms with Crippen LogP contribution in [0.2, 0.25) is 0 Å². The minimum Gasteiger partial charge on any atom is -0.486 e. The van der Waals surface area contributed by atoms with Gasteiger partial charge in [0.05, 0.1) is 12.2 Å². The summed E-state index contributed by atoms with van der Waals surface area (Å²) in [4.78, 5) is 14.4. The van der Waals surface area contributed by atoms with Crippen molar-refractivity contribution in [3.8, 4) is 5.75 Å². The molecule has 1 saturated heterocycles. The van der Waals surface area contributed by atoms with Gasteiger partial charge in [0.2, 0.25) is 5.78 Å². The molecule has 4 aliphatic carbocycles. The normalized spacial score (nSPS) is 40.9. The number of ketones is 1. The predicted molar refractivity (Wildman–Crippen MR) is 161 cm³/mol. The Bertz CT molecular complexity index is 1250. The van der Waals surface area contributed by atoms with Crippen LogP contribution in [0.3, 0.4) is 0 Å². The molecule has 9 atom stereocenters. The summed E-state index contributed by atoms with van der Waals surface area (Å²) in [6.07, 6.45) is 10.2. The fourth-order valence-electron chi connectivity index (χ4n) is 9.32. The van der Waals surface area contributed by atoms with Gasteiger partial charge in [-0.2, -0.15) is 0 Å². The van der Waals surface area contributed by atoms with E-state index in [2.05, 4.69) is 64.7 Å². The van der Waals surface area contributed by atoms with Crippen molar-refractivity contribution in [2.24, 2.45) is 28.6 Å². The van der Waals surface area contributed by atoms with E-state index in [1.807, 2.05) is 24.3 Å². The number of benzene rings is 1. The van der Waals surface area contributed by atoms with Crippen LogP contribution in [-0.4, -0.2) is 47.6 Å². The van der Waals surface area contributed by atoms with Crippen molar-refractivity contribution in [2.45, 2.75) is 103 Å². The van der Waals surface area contributed by atoms with Crippen LogP contribution in [-0.2, 0) is 14.3 Å². The largest absolute Gasteiger partial charge is 0.486 e. The van der Waals surface area contributed by atoms with Crippen molar-refractivity contribution >= 4 is 11.5 Å². The van der Waals surface area contributed by atoms with Crippen molar-refractivity contribution in [1.29, 1.82) is 0 Å². The fraction of sp³-hybridized carbons (Fsp3) is 0.629. The summed E-state index contributed by atoms with van der Waals surface area (Å²) < 4.78 is 19.4. The van der Waals surface area contributed by atoms with Crippen LogP contribution in [0.25, 0.3) is 0 Å². The lowest BCUT2D eigenvalue weighted by atomic mass is 9.46. The number of rotatable bonds is 8. The van der Waals surface area contributed by atoms with Crippen molar-refractivity contribution in [2.75, 3.05) is 11.9 Å². The first kappa shape index (κ1) is 28.7. The number of hydrogen-bond donors (Lipinski definition) is 2. The number of aliphatic hydroxyl groups excluding tert-OH is 1. The first-order valence-corrected chi connectivity index (χ1v) is 15.6. The molecule has 6 rings (SSSR count). The molecule has 6 heteroatoms. The van der Waals surface area contributed by atoms with Gasteiger partial charge in [-0.3, -0.25) is 4.79 Å². The van der Waals surface area contributed by atoms with Crippen molar-refractivity contribution < 1.29 is 24.1 Å². The SMILES string of the molecule is C=C1C=C[C@@]2(C)C(=C1)CC[C@@H]1[C@@H]2[C@@H](O)C[C@@]2(C)[C@H]1C[C@H]1O[C@H](CCC)O[C@]12C(=O)COc1ccc(NC(C)C)cc1. The summed E-state index contributed by atoms with van der Waals surface area (Å²) in [5.74, 6) is 1.16. The number of anilines is 1. The average Bonchev–Trinajstić information content (AvgIpc) is 3.40. The van der Waals surface area contributed by atoms with Gasteiger partial charge in [-0.05, 0) is 87.6 Å². The molecule has 5 aliphatic rings. The number of allylic oxidation sites excluding steroid dienone is 5. The predicted octanol–water partition coefficient (Wildman–Crippen LogP) is 6.61. The Balaban J connectivity index is 1.29. The Morgan fingerprint density at radius 1 is 1.24 bits per heavy atom. The molecule has 0 bridgehead atoms. The molecule has 4 fully saturated rings. The van der Waals surface area contributed by atoms with Gasteiger partial charge in [-0.1, -0.05) is 57.6 Å². The highest BCUT2D eigenvalue weighted by molar-refractivity contribution is 5.91. The van der Waals surface area contributed by atoms with Crippen molar-refractivity contribution in [1.82, 2.24) is 0 Å². The zero-order valence-corrected chi connectivity index (χ0v) is 25.3. The minimum absolute atomic E-state index is 0.0717. The molecular weight excluding hydrogens is 514 g/mol. The monoisotopic (exact) mass is 561 g/mol. The van der Waals surface area contributed by atoms with Gasteiger partial charge in [-0.25, -0.2) is 0 Å². The van der Waals surface area contributed by atoms with Crippen molar-refractivity contribution in [3.63, 3.8) is 0 Å². The lowest BCUT2D eigenvalue weighted by molar-refractivity contribution is -0.200. The third kappa shape index (κ3) is 4.44. The lowest BCUT2D eigenvalue weighted by Crippen LogP contribution is -2.63. The number of aliphatic hydroxyl groups is 1. The molecule has 6 nitrogen and oxygen atoms in total. The first-order valence-electron chi connectivity index (χ1n) is 15.6. The van der Waals surface area contributed by atoms with Gasteiger partial charge in [0, 0.05) is 28.5 Å². The van der Waals surface area contributed by atoms with Gasteiger partial charge in [0.25, 0.3) is 0 Å². The summed E-state index contributed by atoms with van der Waals surface area (Å²) in [5, 5.41) is 15.3. The Labute approximate surface area is 245 Å². The van der Waals surface area contributed by atoms with E-state index in [4.69, 9.17) is 14.2 Å². The molecule has 1 aliphatic heterocycles. The smallest absolute Gasteiger partial charge is 0.205 e. The van der Waals surface area contributed by atoms with Crippen molar-refractivity contribution in [3.05, 3.63) is 60.2 Å². The fourth-order valence-corrected chi connectivity index (χ4v) is 9.32. The number of carbonyl (C=O) groups excluding carboxylic acids is 1. The molecule has 0 aromatic heterocycles. The summed E-state index contributed by atoms with van der Waals surface area (Å²) in [7, 11) is 0. The number of Topliss-reactive ketones (excluding diaryl/α,β-unsaturated/α-hetero) is 1. The van der Waals surface area contributed by atoms with E-state index < -0.39 is 23.4 Å². The van der Waals surface area contributed by atoms with Gasteiger partial charge in [0.15, 0.2) is 11.9 Å². The molecule has 0 radical (unpaired) electrons. The number of fused-ring (bicyclic) bond motifs is 7. The maximum absolute atomic E-state index is 14.4. The molecule has 0 amide bonds. The standard InChI is InChI=1S/C35H47NO5/c1-7-8-31-40-30-18-27-26-14-9-23-17-22(4)15-16-33(23,5)32(26)28(37)19-34(27,6)35(30,41-31)29(38)20-39-25-12-10-24(11-13-25)36-21(2)3/h10-13,15-17,21,26-28,30-32,36-37H,4,7-9,14,18-20H2,1-3,5-6H3/t26-,27-,28-,30+,31-,32+,33-,34-,35+/m0/s1. The second-order valence-corrected chi connectivity index (χ2v) is 13.9. The van der Waals surface area contributed by atoms with E-state index in [0.29, 0.717) is 18.2 Å². The highest BCUT2D eigenvalue weighted by Crippen LogP contribution is 2.69. The van der Waals surface area contributed by atoms with Crippen LogP contribution in [0.1, 0.15) is 73.1 Å². The summed E-state index contributed by atoms with van der Waals surface area (Å²) in [5.41, 5.74) is 1.53. The van der Waals surface area contributed by atoms with Gasteiger partial charge in [-0.15, -0.1) is 0 Å². The topological polar surface area (TPSA) is 77.0 Å². The number of hydrogen-bond acceptors (Lipinski definition) is 6. The van der Waals surface area contributed by atoms with Crippen LogP contribution in [0, 0.1) is 28.6 Å². The Morgan fingerprint density at radius 3 is 2.71 bits per heavy atom. The molecule has 0 spiro atoms. The van der Waals surface area contributed by atoms with Gasteiger partial charge >= 0.3 is 0 Å². The minimum atomic E-state index is -1.13. The molecule has 222 valence electrons. The highest BCUT2D eigenvalue weighted by atomic mass is 16.7. The Hall–Kier alpha value is -2.41. The third-order valence-corrected chi connectivity index (χ3v) is 11.0. The maximum Gasteiger partial charge on any atom is 0.205 e. The second kappa shape index (κ2) is 10.4. The number of nitrogens with one attached hydrogen (secondary N) is 1. The quantitative estimate of drug-likeness (QED) is 0.372. The first-order chi connectivity index (χ1) is 19.5. The molecule has 1 heterocycles. The molecule has 1 aromatic rings. The molecule has 3 saturated carbocycles. The van der Waals surface area contributed by atoms with Crippen LogP contribution in [0.5, 0.6) is 5.75 Å². The maximum atomic E-state index is 14.4. The lowest BCUT2D eigenvalue weighted by Gasteiger charge is -2.59. The number of carbonyl (C=O) groups is 1. The van der Waals surface area contributed by atoms with Gasteiger partial charge < -0.3 is 24.6 Å². The number of ether oxygens (including phenoxy) is 3. The molecule has 41 heavy (non-hydrogen) atoms. The van der Waals surface area contributed by atoms with E-state index in [9.17, 15) is 9.90 Å². The molecule has 2 N–H and O–H groups in total. The van der Waals surface area contributed by atoms with Crippen LogP contribution in [0.15, 0.2) is 60.2 Å². The highest BCUT2D eigenvalue weighted by Gasteiger charge is 2.75. The zero-order valence-electron chi connectivity index (χ0n) is 25.3. The summed E-state index contributed by atoms with van der Waals surface area (Å²) in [6, 6.07) is 8.07. The van der Waals surface area contributed by atoms with Crippen LogP contribution >= 0.6 is 0 Å². The zero-order chi connectivity index (χ0) is 29.2. The van der Waals surface area contributed by atoms with Gasteiger partial charge in [0.1, 0.15) is 12.4 Å². The van der Waals surface area contributed by atoms with Crippen LogP contribution < -0.4 is 10.1 Å². The third-order valence-electron chi connectivity index (χ3n) is 11.0. The Kier molecular flexibility index (Phi) is 7.27. The molecule has 0 unspecified atom stereocenters. The Morgan fingerprint density at radius 2 is 2.00 bits per heavy atom. The molecular formula is C35H47NO5. The average molecular weight is 562 g/mol. The molecule has 1 aromatic carbocycles. The second-order valence-electron chi connectivity index (χ2n) is 13.9. The van der Waals surface area contributed by atoms with E-state index in [0.717, 1.165) is 43.4 Å². The summed E-state index contributed by atoms with van der Waals surface area (Å²) in [6.45, 7) is 14.8.